The van der Waals surface area contributed by atoms with Crippen LogP contribution in [0.1, 0.15) is 90.9 Å². The van der Waals surface area contributed by atoms with Crippen molar-refractivity contribution in [3.05, 3.63) is 0 Å². The number of hydrogen-bond acceptors (Lipinski definition) is 7. The third-order valence-corrected chi connectivity index (χ3v) is 7.37. The monoisotopic (exact) mass is 493 g/mol. The topological polar surface area (TPSA) is 103 Å². The number of carbonyl (C=O) groups excluding carboxylic acids is 1. The predicted octanol–water partition coefficient (Wildman–Crippen LogP) is 4.82. The van der Waals surface area contributed by atoms with E-state index in [0.29, 0.717) is 13.0 Å². The van der Waals surface area contributed by atoms with Gasteiger partial charge in [-0.2, -0.15) is 0 Å². The molecule has 2 unspecified atom stereocenters. The average Bonchev–Trinajstić information content (AvgIpc) is 3.06. The highest BCUT2D eigenvalue weighted by molar-refractivity contribution is 7.52. The highest BCUT2D eigenvalue weighted by Gasteiger charge is 2.42. The number of aliphatic hydroxyl groups is 1. The molecule has 2 N–H and O–H groups in total. The maximum absolute atomic E-state index is 11.9. The van der Waals surface area contributed by atoms with Gasteiger partial charge in [-0.05, 0) is 26.2 Å². The Labute approximate surface area is 201 Å². The summed E-state index contributed by atoms with van der Waals surface area (Å²) in [4.78, 5) is 11.9. The molecule has 0 spiro atoms. The molecule has 1 aliphatic heterocycles. The highest BCUT2D eigenvalue weighted by atomic mass is 31.2. The zero-order chi connectivity index (χ0) is 24.5. The molecule has 1 rings (SSSR count). The molecule has 196 valence electrons. The van der Waals surface area contributed by atoms with Crippen LogP contribution in [0.3, 0.4) is 0 Å². The first-order valence-electron chi connectivity index (χ1n) is 12.8. The zero-order valence-electron chi connectivity index (χ0n) is 21.3. The van der Waals surface area contributed by atoms with Crippen molar-refractivity contribution in [2.75, 3.05) is 33.5 Å². The second-order valence-corrected chi connectivity index (χ2v) is 11.3. The summed E-state index contributed by atoms with van der Waals surface area (Å²) in [5, 5.41) is 13.5. The van der Waals surface area contributed by atoms with Crippen LogP contribution in [0.5, 0.6) is 0 Å². The van der Waals surface area contributed by atoms with Crippen LogP contribution in [0.15, 0.2) is 0 Å². The van der Waals surface area contributed by atoms with E-state index in [1.54, 1.807) is 0 Å². The lowest BCUT2D eigenvalue weighted by atomic mass is 10.1. The van der Waals surface area contributed by atoms with Gasteiger partial charge >= 0.3 is 7.60 Å². The Morgan fingerprint density at radius 1 is 1.03 bits per heavy atom. The van der Waals surface area contributed by atoms with Gasteiger partial charge in [-0.3, -0.25) is 9.36 Å². The van der Waals surface area contributed by atoms with Gasteiger partial charge in [-0.25, -0.2) is 0 Å². The number of ether oxygens (including phenoxy) is 2. The summed E-state index contributed by atoms with van der Waals surface area (Å²) in [5.41, 5.74) is 0. The van der Waals surface area contributed by atoms with Gasteiger partial charge in [0.1, 0.15) is 18.3 Å². The molecular weight excluding hydrogens is 445 g/mol. The van der Waals surface area contributed by atoms with Crippen LogP contribution in [-0.2, 0) is 27.9 Å². The molecule has 0 saturated carbocycles. The first-order chi connectivity index (χ1) is 15.8. The molecule has 1 saturated heterocycles. The summed E-state index contributed by atoms with van der Waals surface area (Å²) in [6.45, 7) is 6.72. The molecule has 33 heavy (non-hydrogen) atoms. The van der Waals surface area contributed by atoms with Gasteiger partial charge in [-0.15, -0.1) is 0 Å². The second kappa shape index (κ2) is 17.9. The van der Waals surface area contributed by atoms with E-state index in [2.05, 4.69) is 12.2 Å². The van der Waals surface area contributed by atoms with Gasteiger partial charge in [0, 0.05) is 33.3 Å². The lowest BCUT2D eigenvalue weighted by Gasteiger charge is -2.20. The summed E-state index contributed by atoms with van der Waals surface area (Å²) in [6.07, 6.45) is 11.0. The predicted molar refractivity (Wildman–Crippen MR) is 131 cm³/mol. The van der Waals surface area contributed by atoms with Gasteiger partial charge in [-0.1, -0.05) is 58.3 Å². The fourth-order valence-corrected chi connectivity index (χ4v) is 4.44. The Balaban J connectivity index is 2.00. The van der Waals surface area contributed by atoms with Crippen molar-refractivity contribution in [1.82, 2.24) is 5.32 Å². The average molecular weight is 494 g/mol. The van der Waals surface area contributed by atoms with E-state index in [0.717, 1.165) is 45.1 Å². The van der Waals surface area contributed by atoms with E-state index in [-0.39, 0.29) is 18.6 Å². The summed E-state index contributed by atoms with van der Waals surface area (Å²) in [6, 6.07) is 0. The molecule has 0 aromatic heterocycles. The molecule has 1 fully saturated rings. The highest BCUT2D eigenvalue weighted by Crippen LogP contribution is 2.43. The van der Waals surface area contributed by atoms with Crippen molar-refractivity contribution in [3.8, 4) is 0 Å². The van der Waals surface area contributed by atoms with Gasteiger partial charge in [0.25, 0.3) is 0 Å². The Kier molecular flexibility index (Phi) is 16.5. The lowest BCUT2D eigenvalue weighted by Crippen LogP contribution is -2.36. The number of hydrogen-bond donors (Lipinski definition) is 2. The number of amides is 1. The molecule has 0 aromatic rings. The molecule has 0 bridgehead atoms. The van der Waals surface area contributed by atoms with Crippen LogP contribution in [-0.4, -0.2) is 69.0 Å². The minimum absolute atomic E-state index is 0.00232. The molecule has 0 radical (unpaired) electrons. The van der Waals surface area contributed by atoms with Gasteiger partial charge in [0.15, 0.2) is 0 Å². The van der Waals surface area contributed by atoms with Crippen molar-refractivity contribution in [3.63, 3.8) is 0 Å². The molecule has 1 heterocycles. The van der Waals surface area contributed by atoms with E-state index in [4.69, 9.17) is 18.5 Å². The van der Waals surface area contributed by atoms with Crippen LogP contribution >= 0.6 is 7.60 Å². The quantitative estimate of drug-likeness (QED) is 0.185. The van der Waals surface area contributed by atoms with E-state index in [1.807, 2.05) is 6.92 Å². The van der Waals surface area contributed by atoms with Gasteiger partial charge in [0.05, 0.1) is 12.7 Å². The maximum Gasteiger partial charge on any atom is 0.327 e. The van der Waals surface area contributed by atoms with Crippen LogP contribution in [0, 0.1) is 0 Å². The normalized spacial score (nSPS) is 24.6. The number of carbonyl (C=O) groups is 1. The number of unbranched alkanes of at least 4 members (excludes halogenated alkanes) is 9. The van der Waals surface area contributed by atoms with Gasteiger partial charge in [0.2, 0.25) is 5.91 Å². The third kappa shape index (κ3) is 13.8. The molecule has 0 aromatic carbocycles. The molecular formula is C24H48NO7P. The van der Waals surface area contributed by atoms with Crippen molar-refractivity contribution < 1.29 is 33.0 Å². The van der Waals surface area contributed by atoms with Crippen LogP contribution < -0.4 is 5.32 Å². The summed E-state index contributed by atoms with van der Waals surface area (Å²) >= 11 is 0. The van der Waals surface area contributed by atoms with Crippen molar-refractivity contribution in [1.29, 1.82) is 0 Å². The van der Waals surface area contributed by atoms with Crippen LogP contribution in [0.4, 0.5) is 0 Å². The Morgan fingerprint density at radius 3 is 2.36 bits per heavy atom. The minimum atomic E-state index is -3.11. The molecule has 5 atom stereocenters. The fourth-order valence-electron chi connectivity index (χ4n) is 3.92. The smallest absolute Gasteiger partial charge is 0.327 e. The maximum atomic E-state index is 11.9. The van der Waals surface area contributed by atoms with Crippen LogP contribution in [0.2, 0.25) is 0 Å². The summed E-state index contributed by atoms with van der Waals surface area (Å²) in [7, 11) is -1.78. The second-order valence-electron chi connectivity index (χ2n) is 9.09. The fraction of sp³-hybridized carbons (Fsp3) is 0.958. The Bertz CT molecular complexity index is 563. The van der Waals surface area contributed by atoms with Crippen molar-refractivity contribution >= 4 is 13.5 Å². The van der Waals surface area contributed by atoms with Crippen molar-refractivity contribution in [2.24, 2.45) is 0 Å². The first kappa shape index (κ1) is 30.5. The largest absolute Gasteiger partial charge is 0.387 e. The van der Waals surface area contributed by atoms with E-state index >= 15 is 0 Å². The number of rotatable bonds is 20. The minimum Gasteiger partial charge on any atom is -0.387 e. The molecule has 8 nitrogen and oxygen atoms in total. The molecule has 0 aliphatic carbocycles. The summed E-state index contributed by atoms with van der Waals surface area (Å²) < 4.78 is 33.4. The van der Waals surface area contributed by atoms with Crippen LogP contribution in [0.25, 0.3) is 0 Å². The Hall–Kier alpha value is -0.500. The van der Waals surface area contributed by atoms with E-state index in [1.165, 1.54) is 45.9 Å². The third-order valence-electron chi connectivity index (χ3n) is 6.09. The standard InChI is InChI=1S/C24H48NO7P/c1-5-6-7-8-9-10-13-16-22(26)25-17-14-11-12-15-18-30-24-20(2)32-21(23(24)27)19-31-33(4,28)29-3/h20-21,23-24,27H,5-19H2,1-4H3,(H,25,26)/t20-,21+,23?,24-,33?/m1/s1. The van der Waals surface area contributed by atoms with Crippen molar-refractivity contribution in [2.45, 2.75) is 115 Å². The number of nitrogens with one attached hydrogen (secondary N) is 1. The summed E-state index contributed by atoms with van der Waals surface area (Å²) in [5.74, 6) is 0.166. The van der Waals surface area contributed by atoms with E-state index in [9.17, 15) is 14.5 Å². The first-order valence-corrected chi connectivity index (χ1v) is 14.8. The van der Waals surface area contributed by atoms with Gasteiger partial charge < -0.3 is 28.9 Å². The molecule has 1 amide bonds. The molecule has 1 aliphatic rings. The molecule has 9 heteroatoms. The number of aliphatic hydroxyl groups excluding tert-OH is 1. The zero-order valence-corrected chi connectivity index (χ0v) is 22.2. The SMILES string of the molecule is CCCCCCCCCC(=O)NCCCCCCO[C@H]1C(O)[C@H](COP(C)(=O)OC)O[C@@H]1C. The van der Waals surface area contributed by atoms with E-state index < -0.39 is 25.9 Å². The lowest BCUT2D eigenvalue weighted by molar-refractivity contribution is -0.121. The Morgan fingerprint density at radius 2 is 1.67 bits per heavy atom.